The normalized spacial score (nSPS) is 35.0. The molecule has 0 bridgehead atoms. The van der Waals surface area contributed by atoms with Gasteiger partial charge in [-0.2, -0.15) is 0 Å². The molecule has 0 aromatic rings. The van der Waals surface area contributed by atoms with Crippen molar-refractivity contribution in [3.05, 3.63) is 0 Å². The third-order valence-electron chi connectivity index (χ3n) is 4.06. The molecule has 2 aliphatic heterocycles. The van der Waals surface area contributed by atoms with Crippen molar-refractivity contribution in [2.45, 2.75) is 64.0 Å². The van der Waals surface area contributed by atoms with Gasteiger partial charge in [-0.3, -0.25) is 4.90 Å². The quantitative estimate of drug-likeness (QED) is 0.753. The highest BCUT2D eigenvalue weighted by atomic mass is 15.2. The lowest BCUT2D eigenvalue weighted by Crippen LogP contribution is -2.46. The van der Waals surface area contributed by atoms with Crippen LogP contribution < -0.4 is 5.32 Å². The molecule has 0 aromatic carbocycles. The maximum Gasteiger partial charge on any atom is 0.0195 e. The maximum atomic E-state index is 3.67. The van der Waals surface area contributed by atoms with Gasteiger partial charge in [-0.15, -0.1) is 0 Å². The maximum absolute atomic E-state index is 3.67. The number of hydrogen-bond donors (Lipinski definition) is 1. The molecular formula is C13H26N2. The Bertz CT molecular complexity index is 175. The Morgan fingerprint density at radius 1 is 1.07 bits per heavy atom. The Labute approximate surface area is 94.4 Å². The van der Waals surface area contributed by atoms with Gasteiger partial charge in [-0.1, -0.05) is 19.3 Å². The second-order valence-corrected chi connectivity index (χ2v) is 5.34. The summed E-state index contributed by atoms with van der Waals surface area (Å²) in [6, 6.07) is 1.59. The van der Waals surface area contributed by atoms with E-state index >= 15 is 0 Å². The molecule has 2 rings (SSSR count). The number of nitrogens with zero attached hydrogens (tertiary/aromatic N) is 1. The van der Waals surface area contributed by atoms with Gasteiger partial charge in [0.15, 0.2) is 0 Å². The molecule has 0 amide bonds. The summed E-state index contributed by atoms with van der Waals surface area (Å²) in [6.07, 6.45) is 9.91. The fourth-order valence-corrected chi connectivity index (χ4v) is 2.97. The molecule has 2 aliphatic rings. The summed E-state index contributed by atoms with van der Waals surface area (Å²) in [5, 5.41) is 3.67. The molecule has 2 unspecified atom stereocenters. The highest BCUT2D eigenvalue weighted by molar-refractivity contribution is 4.80. The van der Waals surface area contributed by atoms with Crippen molar-refractivity contribution in [1.82, 2.24) is 10.2 Å². The van der Waals surface area contributed by atoms with Gasteiger partial charge in [0.05, 0.1) is 0 Å². The first-order valence-electron chi connectivity index (χ1n) is 6.83. The predicted molar refractivity (Wildman–Crippen MR) is 65.1 cm³/mol. The Morgan fingerprint density at radius 3 is 2.73 bits per heavy atom. The minimum absolute atomic E-state index is 0.777. The average Bonchev–Trinajstić information content (AvgIpc) is 2.46. The van der Waals surface area contributed by atoms with Gasteiger partial charge in [-0.05, 0) is 45.7 Å². The number of rotatable bonds is 2. The summed E-state index contributed by atoms with van der Waals surface area (Å²) in [7, 11) is 0. The summed E-state index contributed by atoms with van der Waals surface area (Å²) in [5.74, 6) is 0. The molecule has 1 N–H and O–H groups in total. The van der Waals surface area contributed by atoms with E-state index < -0.39 is 0 Å². The number of piperidine rings is 1. The molecule has 88 valence electrons. The van der Waals surface area contributed by atoms with E-state index in [-0.39, 0.29) is 0 Å². The topological polar surface area (TPSA) is 15.3 Å². The van der Waals surface area contributed by atoms with Crippen LogP contribution >= 0.6 is 0 Å². The van der Waals surface area contributed by atoms with E-state index in [0.717, 1.165) is 12.1 Å². The highest BCUT2D eigenvalue weighted by Gasteiger charge is 2.21. The molecule has 15 heavy (non-hydrogen) atoms. The van der Waals surface area contributed by atoms with Crippen LogP contribution in [-0.4, -0.2) is 36.6 Å². The van der Waals surface area contributed by atoms with Gasteiger partial charge in [0.2, 0.25) is 0 Å². The SMILES string of the molecule is CC1CCCCCN1CC1CCCCN1. The van der Waals surface area contributed by atoms with Gasteiger partial charge >= 0.3 is 0 Å². The molecule has 2 nitrogen and oxygen atoms in total. The molecule has 0 saturated carbocycles. The van der Waals surface area contributed by atoms with Gasteiger partial charge in [0.25, 0.3) is 0 Å². The summed E-state index contributed by atoms with van der Waals surface area (Å²) < 4.78 is 0. The fraction of sp³-hybridized carbons (Fsp3) is 1.00. The van der Waals surface area contributed by atoms with Crippen molar-refractivity contribution in [3.8, 4) is 0 Å². The molecule has 2 heterocycles. The largest absolute Gasteiger partial charge is 0.313 e. The van der Waals surface area contributed by atoms with Crippen molar-refractivity contribution >= 4 is 0 Å². The first kappa shape index (κ1) is 11.4. The second kappa shape index (κ2) is 5.86. The van der Waals surface area contributed by atoms with Crippen LogP contribution in [0, 0.1) is 0 Å². The molecule has 2 atom stereocenters. The van der Waals surface area contributed by atoms with Crippen LogP contribution in [0.3, 0.4) is 0 Å². The second-order valence-electron chi connectivity index (χ2n) is 5.34. The zero-order chi connectivity index (χ0) is 10.5. The van der Waals surface area contributed by atoms with E-state index in [1.54, 1.807) is 0 Å². The number of hydrogen-bond acceptors (Lipinski definition) is 2. The third-order valence-corrected chi connectivity index (χ3v) is 4.06. The summed E-state index contributed by atoms with van der Waals surface area (Å²) in [4.78, 5) is 2.72. The van der Waals surface area contributed by atoms with Gasteiger partial charge in [0.1, 0.15) is 0 Å². The lowest BCUT2D eigenvalue weighted by Gasteiger charge is -2.33. The van der Waals surface area contributed by atoms with Gasteiger partial charge in [-0.25, -0.2) is 0 Å². The molecule has 2 fully saturated rings. The van der Waals surface area contributed by atoms with E-state index in [2.05, 4.69) is 17.1 Å². The zero-order valence-electron chi connectivity index (χ0n) is 10.2. The first-order valence-corrected chi connectivity index (χ1v) is 6.83. The van der Waals surface area contributed by atoms with Crippen LogP contribution in [0.4, 0.5) is 0 Å². The summed E-state index contributed by atoms with van der Waals surface area (Å²) in [6.45, 7) is 6.28. The number of nitrogens with one attached hydrogen (secondary N) is 1. The minimum Gasteiger partial charge on any atom is -0.313 e. The molecule has 0 spiro atoms. The van der Waals surface area contributed by atoms with Crippen LogP contribution in [0.1, 0.15) is 51.9 Å². The lowest BCUT2D eigenvalue weighted by molar-refractivity contribution is 0.179. The average molecular weight is 210 g/mol. The lowest BCUT2D eigenvalue weighted by atomic mass is 10.0. The molecule has 2 heteroatoms. The predicted octanol–water partition coefficient (Wildman–Crippen LogP) is 2.39. The zero-order valence-corrected chi connectivity index (χ0v) is 10.2. The minimum atomic E-state index is 0.777. The van der Waals surface area contributed by atoms with Crippen molar-refractivity contribution < 1.29 is 0 Å². The van der Waals surface area contributed by atoms with Crippen molar-refractivity contribution in [1.29, 1.82) is 0 Å². The smallest absolute Gasteiger partial charge is 0.0195 e. The van der Waals surface area contributed by atoms with Gasteiger partial charge < -0.3 is 5.32 Å². The van der Waals surface area contributed by atoms with Gasteiger partial charge in [0, 0.05) is 18.6 Å². The van der Waals surface area contributed by atoms with E-state index in [1.165, 1.54) is 64.6 Å². The van der Waals surface area contributed by atoms with Crippen LogP contribution in [-0.2, 0) is 0 Å². The molecule has 0 radical (unpaired) electrons. The molecule has 0 aromatic heterocycles. The van der Waals surface area contributed by atoms with E-state index in [0.29, 0.717) is 0 Å². The Balaban J connectivity index is 1.79. The van der Waals surface area contributed by atoms with Crippen LogP contribution in [0.25, 0.3) is 0 Å². The third kappa shape index (κ3) is 3.46. The Hall–Kier alpha value is -0.0800. The van der Waals surface area contributed by atoms with Crippen LogP contribution in [0.15, 0.2) is 0 Å². The van der Waals surface area contributed by atoms with E-state index in [4.69, 9.17) is 0 Å². The van der Waals surface area contributed by atoms with E-state index in [9.17, 15) is 0 Å². The fourth-order valence-electron chi connectivity index (χ4n) is 2.97. The first-order chi connectivity index (χ1) is 7.36. The Kier molecular flexibility index (Phi) is 4.45. The monoisotopic (exact) mass is 210 g/mol. The van der Waals surface area contributed by atoms with Crippen molar-refractivity contribution in [2.75, 3.05) is 19.6 Å². The Morgan fingerprint density at radius 2 is 1.93 bits per heavy atom. The highest BCUT2D eigenvalue weighted by Crippen LogP contribution is 2.18. The van der Waals surface area contributed by atoms with Crippen molar-refractivity contribution in [3.63, 3.8) is 0 Å². The molecule has 2 saturated heterocycles. The van der Waals surface area contributed by atoms with Crippen molar-refractivity contribution in [2.24, 2.45) is 0 Å². The number of likely N-dealkylation sites (tertiary alicyclic amines) is 1. The summed E-state index contributed by atoms with van der Waals surface area (Å²) in [5.41, 5.74) is 0. The molecule has 0 aliphatic carbocycles. The van der Waals surface area contributed by atoms with Crippen LogP contribution in [0.5, 0.6) is 0 Å². The summed E-state index contributed by atoms with van der Waals surface area (Å²) >= 11 is 0. The standard InChI is InChI=1S/C13H26N2/c1-12-7-3-2-6-10-15(12)11-13-8-4-5-9-14-13/h12-14H,2-11H2,1H3. The van der Waals surface area contributed by atoms with E-state index in [1.807, 2.05) is 0 Å². The van der Waals surface area contributed by atoms with Crippen LogP contribution in [0.2, 0.25) is 0 Å². The molecular weight excluding hydrogens is 184 g/mol.